The number of aromatic nitrogens is 1. The summed E-state index contributed by atoms with van der Waals surface area (Å²) < 4.78 is 5.46. The fourth-order valence-corrected chi connectivity index (χ4v) is 3.69. The van der Waals surface area contributed by atoms with Crippen LogP contribution in [0, 0.1) is 5.41 Å². The van der Waals surface area contributed by atoms with Crippen molar-refractivity contribution in [2.45, 2.75) is 31.7 Å². The molecule has 0 radical (unpaired) electrons. The molecule has 0 unspecified atom stereocenters. The van der Waals surface area contributed by atoms with E-state index in [4.69, 9.17) is 4.42 Å². The Kier molecular flexibility index (Phi) is 1.65. The highest BCUT2D eigenvalue weighted by Gasteiger charge is 2.65. The summed E-state index contributed by atoms with van der Waals surface area (Å²) in [5.74, 6) is -0.0148. The lowest BCUT2D eigenvalue weighted by Gasteiger charge is -2.69. The summed E-state index contributed by atoms with van der Waals surface area (Å²) in [6, 6.07) is 7.42. The molecule has 1 aromatic carbocycles. The number of oxazole rings is 1. The van der Waals surface area contributed by atoms with E-state index in [0.29, 0.717) is 11.0 Å². The van der Waals surface area contributed by atoms with Crippen molar-refractivity contribution >= 4 is 17.0 Å². The van der Waals surface area contributed by atoms with Crippen LogP contribution in [0.1, 0.15) is 36.9 Å². The van der Waals surface area contributed by atoms with Gasteiger partial charge in [0, 0.05) is 5.54 Å². The van der Waals surface area contributed by atoms with Gasteiger partial charge >= 0.3 is 5.91 Å². The van der Waals surface area contributed by atoms with Crippen LogP contribution in [0.5, 0.6) is 0 Å². The lowest BCUT2D eigenvalue weighted by molar-refractivity contribution is -0.133. The van der Waals surface area contributed by atoms with Crippen molar-refractivity contribution in [3.63, 3.8) is 0 Å². The molecule has 3 saturated carbocycles. The Hall–Kier alpha value is -1.84. The van der Waals surface area contributed by atoms with Crippen LogP contribution in [0.4, 0.5) is 0 Å². The Morgan fingerprint density at radius 2 is 2.06 bits per heavy atom. The Balaban J connectivity index is 1.57. The molecule has 0 saturated heterocycles. The predicted octanol–water partition coefficient (Wildman–Crippen LogP) is 2.50. The standard InChI is InChI=1S/C14H14N2O2/c1-13-6-14(7-13,8-13)16-11(17)12-15-9-4-2-3-5-10(9)18-12/h2-5H,6-8H2,1H3,(H,16,17). The molecule has 3 aliphatic carbocycles. The Morgan fingerprint density at radius 1 is 1.33 bits per heavy atom. The summed E-state index contributed by atoms with van der Waals surface area (Å²) in [6.45, 7) is 2.26. The number of carbonyl (C=O) groups is 1. The highest BCUT2D eigenvalue weighted by atomic mass is 16.4. The first-order valence-corrected chi connectivity index (χ1v) is 6.26. The van der Waals surface area contributed by atoms with Gasteiger partial charge in [-0.05, 0) is 36.8 Å². The lowest BCUT2D eigenvalue weighted by atomic mass is 9.40. The zero-order chi connectivity index (χ0) is 12.4. The van der Waals surface area contributed by atoms with Crippen molar-refractivity contribution in [1.82, 2.24) is 10.3 Å². The molecule has 0 spiro atoms. The SMILES string of the molecule is CC12CC(NC(=O)c3nc4ccccc4o3)(C1)C2. The molecule has 1 amide bonds. The average molecular weight is 242 g/mol. The molecule has 3 fully saturated rings. The Bertz CT molecular complexity index is 606. The third-order valence-electron chi connectivity index (χ3n) is 4.16. The molecule has 1 heterocycles. The molecule has 2 bridgehead atoms. The lowest BCUT2D eigenvalue weighted by Crippen LogP contribution is -2.73. The summed E-state index contributed by atoms with van der Waals surface area (Å²) in [5, 5.41) is 3.07. The summed E-state index contributed by atoms with van der Waals surface area (Å²) in [7, 11) is 0. The second-order valence-electron chi connectivity index (χ2n) is 6.06. The maximum absolute atomic E-state index is 12.1. The van der Waals surface area contributed by atoms with Crippen molar-refractivity contribution < 1.29 is 9.21 Å². The number of hydrogen-bond acceptors (Lipinski definition) is 3. The fourth-order valence-electron chi connectivity index (χ4n) is 3.69. The molecule has 5 rings (SSSR count). The zero-order valence-electron chi connectivity index (χ0n) is 10.2. The van der Waals surface area contributed by atoms with Gasteiger partial charge in [0.1, 0.15) is 5.52 Å². The summed E-state index contributed by atoms with van der Waals surface area (Å²) in [6.07, 6.45) is 3.27. The smallest absolute Gasteiger partial charge is 0.307 e. The number of rotatable bonds is 2. The van der Waals surface area contributed by atoms with Crippen LogP contribution in [0.3, 0.4) is 0 Å². The number of nitrogens with zero attached hydrogens (tertiary/aromatic N) is 1. The number of fused-ring (bicyclic) bond motifs is 1. The third-order valence-corrected chi connectivity index (χ3v) is 4.16. The largest absolute Gasteiger partial charge is 0.432 e. The van der Waals surface area contributed by atoms with Gasteiger partial charge in [0.05, 0.1) is 0 Å². The molecule has 1 N–H and O–H groups in total. The number of carbonyl (C=O) groups excluding carboxylic acids is 1. The zero-order valence-corrected chi connectivity index (χ0v) is 10.2. The first-order chi connectivity index (χ1) is 8.58. The normalized spacial score (nSPS) is 32.7. The number of benzene rings is 1. The van der Waals surface area contributed by atoms with Crippen LogP contribution < -0.4 is 5.32 Å². The van der Waals surface area contributed by atoms with E-state index >= 15 is 0 Å². The van der Waals surface area contributed by atoms with Gasteiger partial charge in [-0.25, -0.2) is 4.98 Å². The minimum absolute atomic E-state index is 0.0342. The van der Waals surface area contributed by atoms with Gasteiger partial charge in [-0.15, -0.1) is 0 Å². The molecule has 18 heavy (non-hydrogen) atoms. The predicted molar refractivity (Wildman–Crippen MR) is 66.2 cm³/mol. The van der Waals surface area contributed by atoms with E-state index in [1.165, 1.54) is 0 Å². The van der Waals surface area contributed by atoms with Crippen molar-refractivity contribution in [1.29, 1.82) is 0 Å². The Morgan fingerprint density at radius 3 is 2.72 bits per heavy atom. The molecule has 92 valence electrons. The van der Waals surface area contributed by atoms with Gasteiger partial charge in [0.25, 0.3) is 5.89 Å². The second kappa shape index (κ2) is 2.94. The van der Waals surface area contributed by atoms with E-state index in [2.05, 4.69) is 17.2 Å². The van der Waals surface area contributed by atoms with Gasteiger partial charge < -0.3 is 9.73 Å². The molecule has 4 nitrogen and oxygen atoms in total. The molecule has 2 aromatic rings. The van der Waals surface area contributed by atoms with Gasteiger partial charge in [0.2, 0.25) is 0 Å². The maximum Gasteiger partial charge on any atom is 0.307 e. The minimum atomic E-state index is -0.187. The number of nitrogens with one attached hydrogen (secondary N) is 1. The van der Waals surface area contributed by atoms with Gasteiger partial charge in [-0.1, -0.05) is 19.1 Å². The number of para-hydroxylation sites is 2. The van der Waals surface area contributed by atoms with Crippen LogP contribution in [0.15, 0.2) is 28.7 Å². The van der Waals surface area contributed by atoms with Crippen LogP contribution in [-0.4, -0.2) is 16.4 Å². The maximum atomic E-state index is 12.1. The van der Waals surface area contributed by atoms with Crippen LogP contribution >= 0.6 is 0 Å². The van der Waals surface area contributed by atoms with E-state index in [0.717, 1.165) is 24.8 Å². The van der Waals surface area contributed by atoms with Crippen LogP contribution in [0.2, 0.25) is 0 Å². The van der Waals surface area contributed by atoms with Crippen molar-refractivity contribution in [3.05, 3.63) is 30.2 Å². The van der Waals surface area contributed by atoms with Crippen molar-refractivity contribution in [2.75, 3.05) is 0 Å². The molecule has 4 heteroatoms. The minimum Gasteiger partial charge on any atom is -0.432 e. The number of amides is 1. The Labute approximate surface area is 104 Å². The van der Waals surface area contributed by atoms with E-state index in [9.17, 15) is 4.79 Å². The molecular formula is C14H14N2O2. The van der Waals surface area contributed by atoms with Crippen molar-refractivity contribution in [2.24, 2.45) is 5.41 Å². The second-order valence-corrected chi connectivity index (χ2v) is 6.06. The number of hydrogen-bond donors (Lipinski definition) is 1. The van der Waals surface area contributed by atoms with E-state index in [1.54, 1.807) is 0 Å². The molecule has 0 atom stereocenters. The summed E-state index contributed by atoms with van der Waals surface area (Å²) in [5.41, 5.74) is 1.90. The molecule has 1 aromatic heterocycles. The molecule has 0 aliphatic heterocycles. The van der Waals surface area contributed by atoms with E-state index < -0.39 is 0 Å². The average Bonchev–Trinajstić information content (AvgIpc) is 2.68. The van der Waals surface area contributed by atoms with Crippen molar-refractivity contribution in [3.8, 4) is 0 Å². The summed E-state index contributed by atoms with van der Waals surface area (Å²) in [4.78, 5) is 16.3. The van der Waals surface area contributed by atoms with Gasteiger partial charge in [-0.3, -0.25) is 4.79 Å². The topological polar surface area (TPSA) is 55.1 Å². The highest BCUT2D eigenvalue weighted by molar-refractivity contribution is 5.93. The highest BCUT2D eigenvalue weighted by Crippen LogP contribution is 2.66. The van der Waals surface area contributed by atoms with Gasteiger partial charge in [0.15, 0.2) is 5.58 Å². The van der Waals surface area contributed by atoms with Crippen LogP contribution in [0.25, 0.3) is 11.1 Å². The quantitative estimate of drug-likeness (QED) is 0.880. The molecule has 3 aliphatic rings. The molecular weight excluding hydrogens is 228 g/mol. The first-order valence-electron chi connectivity index (χ1n) is 6.26. The van der Waals surface area contributed by atoms with E-state index in [-0.39, 0.29) is 17.3 Å². The third kappa shape index (κ3) is 1.26. The van der Waals surface area contributed by atoms with E-state index in [1.807, 2.05) is 24.3 Å². The summed E-state index contributed by atoms with van der Waals surface area (Å²) >= 11 is 0. The first kappa shape index (κ1) is 10.1. The van der Waals surface area contributed by atoms with Gasteiger partial charge in [-0.2, -0.15) is 0 Å². The van der Waals surface area contributed by atoms with Crippen LogP contribution in [-0.2, 0) is 0 Å². The monoisotopic (exact) mass is 242 g/mol. The fraction of sp³-hybridized carbons (Fsp3) is 0.429.